The molecule has 2 aromatic rings. The molecule has 104 valence electrons. The van der Waals surface area contributed by atoms with Gasteiger partial charge in [0.1, 0.15) is 5.75 Å². The van der Waals surface area contributed by atoms with Crippen LogP contribution in [-0.2, 0) is 4.79 Å². The summed E-state index contributed by atoms with van der Waals surface area (Å²) in [5.41, 5.74) is 1.05. The van der Waals surface area contributed by atoms with Crippen LogP contribution in [0.4, 0.5) is 5.82 Å². The molecule has 1 heterocycles. The summed E-state index contributed by atoms with van der Waals surface area (Å²) >= 11 is 0. The lowest BCUT2D eigenvalue weighted by Crippen LogP contribution is -2.30. The quantitative estimate of drug-likeness (QED) is 0.897. The Hall–Kier alpha value is -2.56. The number of anilines is 1. The Balaban J connectivity index is 2.01. The standard InChI is InChI=1S/C15H16N2O3/c1-10-5-3-6-12(9-10)20-11(2)15(19)17-14-13(18)7-4-8-16-14/h3-9,11,18H,1-2H3,(H,16,17,19). The fourth-order valence-corrected chi connectivity index (χ4v) is 1.66. The van der Waals surface area contributed by atoms with E-state index >= 15 is 0 Å². The Bertz CT molecular complexity index is 614. The van der Waals surface area contributed by atoms with Crippen LogP contribution in [0.2, 0.25) is 0 Å². The van der Waals surface area contributed by atoms with E-state index in [1.165, 1.54) is 12.3 Å². The second-order valence-electron chi connectivity index (χ2n) is 4.44. The minimum Gasteiger partial charge on any atom is -0.504 e. The first-order chi connectivity index (χ1) is 9.56. The van der Waals surface area contributed by atoms with E-state index in [-0.39, 0.29) is 17.5 Å². The normalized spacial score (nSPS) is 11.7. The summed E-state index contributed by atoms with van der Waals surface area (Å²) in [5.74, 6) is 0.291. The molecule has 1 aromatic carbocycles. The van der Waals surface area contributed by atoms with Crippen molar-refractivity contribution in [2.75, 3.05) is 5.32 Å². The Labute approximate surface area is 117 Å². The van der Waals surface area contributed by atoms with Gasteiger partial charge in [-0.3, -0.25) is 4.79 Å². The second kappa shape index (κ2) is 6.06. The SMILES string of the molecule is Cc1cccc(OC(C)C(=O)Nc2ncccc2O)c1. The predicted octanol–water partition coefficient (Wildman–Crippen LogP) is 2.50. The molecule has 0 aliphatic carbocycles. The van der Waals surface area contributed by atoms with E-state index in [0.29, 0.717) is 5.75 Å². The summed E-state index contributed by atoms with van der Waals surface area (Å²) in [5, 5.41) is 12.1. The molecule has 20 heavy (non-hydrogen) atoms. The van der Waals surface area contributed by atoms with Gasteiger partial charge in [-0.2, -0.15) is 0 Å². The summed E-state index contributed by atoms with van der Waals surface area (Å²) < 4.78 is 5.55. The molecule has 1 amide bonds. The molecule has 1 unspecified atom stereocenters. The van der Waals surface area contributed by atoms with E-state index in [9.17, 15) is 9.90 Å². The maximum atomic E-state index is 12.0. The average molecular weight is 272 g/mol. The van der Waals surface area contributed by atoms with Crippen molar-refractivity contribution < 1.29 is 14.6 Å². The van der Waals surface area contributed by atoms with E-state index in [2.05, 4.69) is 10.3 Å². The molecule has 5 nitrogen and oxygen atoms in total. The van der Waals surface area contributed by atoms with Crippen molar-refractivity contribution in [2.45, 2.75) is 20.0 Å². The monoisotopic (exact) mass is 272 g/mol. The summed E-state index contributed by atoms with van der Waals surface area (Å²) in [7, 11) is 0. The maximum Gasteiger partial charge on any atom is 0.266 e. The van der Waals surface area contributed by atoms with Crippen LogP contribution in [0.1, 0.15) is 12.5 Å². The lowest BCUT2D eigenvalue weighted by Gasteiger charge is -2.15. The third kappa shape index (κ3) is 3.47. The molecule has 0 fully saturated rings. The number of nitrogens with one attached hydrogen (secondary N) is 1. The molecule has 0 saturated heterocycles. The van der Waals surface area contributed by atoms with Gasteiger partial charge in [0.15, 0.2) is 17.7 Å². The van der Waals surface area contributed by atoms with Crippen molar-refractivity contribution in [1.29, 1.82) is 0 Å². The summed E-state index contributed by atoms with van der Waals surface area (Å²) in [6, 6.07) is 10.5. The Morgan fingerprint density at radius 1 is 1.35 bits per heavy atom. The van der Waals surface area contributed by atoms with Gasteiger partial charge in [0.05, 0.1) is 0 Å². The number of aromatic nitrogens is 1. The van der Waals surface area contributed by atoms with Crippen LogP contribution < -0.4 is 10.1 Å². The van der Waals surface area contributed by atoms with Gasteiger partial charge in [0.25, 0.3) is 5.91 Å². The molecule has 0 radical (unpaired) electrons. The Morgan fingerprint density at radius 3 is 2.85 bits per heavy atom. The molecule has 2 rings (SSSR count). The van der Waals surface area contributed by atoms with Crippen LogP contribution in [0.25, 0.3) is 0 Å². The molecule has 0 aliphatic rings. The number of aryl methyl sites for hydroxylation is 1. The van der Waals surface area contributed by atoms with Gasteiger partial charge in [0.2, 0.25) is 0 Å². The van der Waals surface area contributed by atoms with Gasteiger partial charge in [-0.15, -0.1) is 0 Å². The third-order valence-electron chi connectivity index (χ3n) is 2.70. The van der Waals surface area contributed by atoms with Crippen molar-refractivity contribution >= 4 is 11.7 Å². The van der Waals surface area contributed by atoms with E-state index in [1.54, 1.807) is 19.1 Å². The van der Waals surface area contributed by atoms with Gasteiger partial charge < -0.3 is 15.2 Å². The van der Waals surface area contributed by atoms with Crippen molar-refractivity contribution in [3.63, 3.8) is 0 Å². The lowest BCUT2D eigenvalue weighted by molar-refractivity contribution is -0.122. The smallest absolute Gasteiger partial charge is 0.266 e. The number of hydrogen-bond donors (Lipinski definition) is 2. The van der Waals surface area contributed by atoms with Crippen molar-refractivity contribution in [1.82, 2.24) is 4.98 Å². The minimum atomic E-state index is -0.696. The first-order valence-corrected chi connectivity index (χ1v) is 6.24. The third-order valence-corrected chi connectivity index (χ3v) is 2.70. The number of carbonyl (C=O) groups excluding carboxylic acids is 1. The number of rotatable bonds is 4. The highest BCUT2D eigenvalue weighted by Crippen LogP contribution is 2.19. The zero-order valence-electron chi connectivity index (χ0n) is 11.3. The zero-order chi connectivity index (χ0) is 14.5. The molecule has 5 heteroatoms. The summed E-state index contributed by atoms with van der Waals surface area (Å²) in [4.78, 5) is 15.9. The van der Waals surface area contributed by atoms with Gasteiger partial charge in [-0.25, -0.2) is 4.98 Å². The molecular weight excluding hydrogens is 256 g/mol. The van der Waals surface area contributed by atoms with E-state index in [1.807, 2.05) is 25.1 Å². The van der Waals surface area contributed by atoms with E-state index in [4.69, 9.17) is 4.74 Å². The number of carbonyl (C=O) groups is 1. The average Bonchev–Trinajstić information content (AvgIpc) is 2.41. The molecule has 0 aliphatic heterocycles. The summed E-state index contributed by atoms with van der Waals surface area (Å²) in [6.45, 7) is 3.58. The molecule has 0 saturated carbocycles. The number of amides is 1. The fourth-order valence-electron chi connectivity index (χ4n) is 1.66. The number of pyridine rings is 1. The van der Waals surface area contributed by atoms with Crippen molar-refractivity contribution in [3.05, 3.63) is 48.2 Å². The van der Waals surface area contributed by atoms with Crippen LogP contribution in [-0.4, -0.2) is 22.1 Å². The number of ether oxygens (including phenoxy) is 1. The van der Waals surface area contributed by atoms with Gasteiger partial charge in [0, 0.05) is 6.20 Å². The molecular formula is C15H16N2O3. The summed E-state index contributed by atoms with van der Waals surface area (Å²) in [6.07, 6.45) is 0.791. The lowest BCUT2D eigenvalue weighted by atomic mass is 10.2. The second-order valence-corrected chi connectivity index (χ2v) is 4.44. The van der Waals surface area contributed by atoms with Crippen molar-refractivity contribution in [2.24, 2.45) is 0 Å². The van der Waals surface area contributed by atoms with Gasteiger partial charge in [-0.1, -0.05) is 12.1 Å². The molecule has 1 aromatic heterocycles. The number of aromatic hydroxyl groups is 1. The highest BCUT2D eigenvalue weighted by molar-refractivity contribution is 5.94. The highest BCUT2D eigenvalue weighted by Gasteiger charge is 2.16. The van der Waals surface area contributed by atoms with Crippen LogP contribution >= 0.6 is 0 Å². The topological polar surface area (TPSA) is 71.5 Å². The molecule has 0 spiro atoms. The zero-order valence-corrected chi connectivity index (χ0v) is 11.3. The molecule has 1 atom stereocenters. The van der Waals surface area contributed by atoms with Gasteiger partial charge >= 0.3 is 0 Å². The Morgan fingerprint density at radius 2 is 2.15 bits per heavy atom. The van der Waals surface area contributed by atoms with Crippen LogP contribution in [0.15, 0.2) is 42.6 Å². The first kappa shape index (κ1) is 13.9. The largest absolute Gasteiger partial charge is 0.504 e. The van der Waals surface area contributed by atoms with E-state index in [0.717, 1.165) is 5.56 Å². The van der Waals surface area contributed by atoms with Crippen LogP contribution in [0, 0.1) is 6.92 Å². The fraction of sp³-hybridized carbons (Fsp3) is 0.200. The first-order valence-electron chi connectivity index (χ1n) is 6.24. The molecule has 2 N–H and O–H groups in total. The van der Waals surface area contributed by atoms with Crippen LogP contribution in [0.5, 0.6) is 11.5 Å². The number of nitrogens with zero attached hydrogens (tertiary/aromatic N) is 1. The Kier molecular flexibility index (Phi) is 4.20. The predicted molar refractivity (Wildman–Crippen MR) is 75.8 cm³/mol. The van der Waals surface area contributed by atoms with Crippen LogP contribution in [0.3, 0.4) is 0 Å². The number of benzene rings is 1. The number of hydrogen-bond acceptors (Lipinski definition) is 4. The molecule has 0 bridgehead atoms. The van der Waals surface area contributed by atoms with Gasteiger partial charge in [-0.05, 0) is 43.7 Å². The highest BCUT2D eigenvalue weighted by atomic mass is 16.5. The minimum absolute atomic E-state index is 0.0800. The van der Waals surface area contributed by atoms with E-state index < -0.39 is 6.10 Å². The maximum absolute atomic E-state index is 12.0. The van der Waals surface area contributed by atoms with Crippen molar-refractivity contribution in [3.8, 4) is 11.5 Å².